The van der Waals surface area contributed by atoms with Crippen LogP contribution >= 0.6 is 0 Å². The van der Waals surface area contributed by atoms with E-state index in [4.69, 9.17) is 9.76 Å². The molecule has 0 atom stereocenters. The van der Waals surface area contributed by atoms with Gasteiger partial charge in [0.2, 0.25) is 0 Å². The van der Waals surface area contributed by atoms with Crippen LogP contribution in [0.15, 0.2) is 0 Å². The van der Waals surface area contributed by atoms with Gasteiger partial charge in [-0.15, -0.1) is 4.58 Å². The summed E-state index contributed by atoms with van der Waals surface area (Å²) in [5.74, 6) is 0. The van der Waals surface area contributed by atoms with Crippen molar-refractivity contribution in [1.82, 2.24) is 0 Å². The normalized spacial score (nSPS) is 9.00. The lowest BCUT2D eigenvalue weighted by Crippen LogP contribution is -1.86. The van der Waals surface area contributed by atoms with Gasteiger partial charge in [0.05, 0.1) is 0 Å². The molecule has 0 unspecified atom stereocenters. The van der Waals surface area contributed by atoms with Gasteiger partial charge >= 0.3 is 14.8 Å². The fraction of sp³-hybridized carbons (Fsp3) is 0. The SMILES string of the molecule is O=[O+]O[SiH2]O. The highest BCUT2D eigenvalue weighted by Gasteiger charge is 1.85. The van der Waals surface area contributed by atoms with Crippen LogP contribution in [0, 0.1) is 9.71 Å². The molecule has 4 nitrogen and oxygen atoms in total. The predicted molar refractivity (Wildman–Crippen MR) is 18.6 cm³/mol. The lowest BCUT2D eigenvalue weighted by atomic mass is 14.7. The minimum atomic E-state index is -1.62. The molecule has 5 heteroatoms. The first kappa shape index (κ1) is 4.58. The Hall–Kier alpha value is -0.423. The highest BCUT2D eigenvalue weighted by Crippen LogP contribution is 1.53. The van der Waals surface area contributed by atoms with Crippen molar-refractivity contribution in [1.29, 1.82) is 0 Å². The van der Waals surface area contributed by atoms with Gasteiger partial charge in [-0.1, -0.05) is 0 Å². The molecule has 0 aliphatic carbocycles. The van der Waals surface area contributed by atoms with E-state index in [2.05, 4.69) is 9.32 Å². The summed E-state index contributed by atoms with van der Waals surface area (Å²) < 4.78 is 6.22. The average Bonchev–Trinajstić information content (AvgIpc) is 1.41. The molecular weight excluding hydrogens is 92.1 g/mol. The Kier molecular flexibility index (Phi) is 3.27. The fourth-order valence-corrected chi connectivity index (χ4v) is 0.0645. The second kappa shape index (κ2) is 3.58. The van der Waals surface area contributed by atoms with Crippen LogP contribution in [0.3, 0.4) is 0 Å². The zero-order valence-electron chi connectivity index (χ0n) is 2.38. The summed E-state index contributed by atoms with van der Waals surface area (Å²) in [7, 11) is -1.62. The first-order valence-corrected chi connectivity index (χ1v) is 2.15. The third-order valence-corrected chi connectivity index (χ3v) is 0.302. The Morgan fingerprint density at radius 1 is 2.00 bits per heavy atom. The van der Waals surface area contributed by atoms with Crippen LogP contribution in [0.2, 0.25) is 0 Å². The number of hydrogen-bond acceptors (Lipinski definition) is 3. The molecule has 1 N–H and O–H groups in total. The van der Waals surface area contributed by atoms with Crippen molar-refractivity contribution in [2.24, 2.45) is 0 Å². The van der Waals surface area contributed by atoms with E-state index in [9.17, 15) is 0 Å². The fourth-order valence-electron chi connectivity index (χ4n) is 0.0215. The van der Waals surface area contributed by atoms with Gasteiger partial charge in [-0.3, -0.25) is 0 Å². The zero-order valence-corrected chi connectivity index (χ0v) is 3.79. The maximum absolute atomic E-state index is 8.68. The van der Waals surface area contributed by atoms with Crippen molar-refractivity contribution >= 4 is 10.0 Å². The Balaban J connectivity index is 2.40. The first-order valence-electron chi connectivity index (χ1n) is 0.938. The molecule has 0 saturated heterocycles. The predicted octanol–water partition coefficient (Wildman–Crippen LogP) is -1.47. The minimum Gasteiger partial charge on any atom is -0.400 e. The molecule has 0 aromatic rings. The minimum absolute atomic E-state index is 1.62. The lowest BCUT2D eigenvalue weighted by molar-refractivity contribution is 0.397. The van der Waals surface area contributed by atoms with Crippen LogP contribution < -0.4 is 0 Å². The summed E-state index contributed by atoms with van der Waals surface area (Å²) in [6.45, 7) is 0. The summed E-state index contributed by atoms with van der Waals surface area (Å²) in [4.78, 5) is 16.3. The van der Waals surface area contributed by atoms with Crippen molar-refractivity contribution in [2.45, 2.75) is 0 Å². The summed E-state index contributed by atoms with van der Waals surface area (Å²) in [5, 5.41) is 0. The lowest BCUT2D eigenvalue weighted by Gasteiger charge is -1.56. The molecular formula is H3O4Si+. The van der Waals surface area contributed by atoms with Gasteiger partial charge in [0.25, 0.3) is 4.96 Å². The Bertz CT molecular complexity index is 24.8. The van der Waals surface area contributed by atoms with E-state index in [0.717, 1.165) is 0 Å². The maximum atomic E-state index is 8.68. The molecule has 0 aromatic carbocycles. The van der Waals surface area contributed by atoms with Crippen molar-refractivity contribution in [3.63, 3.8) is 0 Å². The van der Waals surface area contributed by atoms with Crippen molar-refractivity contribution in [2.75, 3.05) is 0 Å². The topological polar surface area (TPSA) is 57.8 Å². The molecule has 0 bridgehead atoms. The van der Waals surface area contributed by atoms with Crippen LogP contribution in [-0.4, -0.2) is 14.8 Å². The van der Waals surface area contributed by atoms with E-state index in [1.54, 1.807) is 0 Å². The Morgan fingerprint density at radius 3 is 2.60 bits per heavy atom. The molecule has 5 heavy (non-hydrogen) atoms. The molecule has 0 radical (unpaired) electrons. The van der Waals surface area contributed by atoms with Gasteiger partial charge in [-0.05, 0) is 0 Å². The molecule has 30 valence electrons. The molecule has 0 rings (SSSR count). The van der Waals surface area contributed by atoms with E-state index in [1.807, 2.05) is 0 Å². The Morgan fingerprint density at radius 2 is 2.60 bits per heavy atom. The standard InChI is InChI=1S/H3O4Si/c1-3-4-5-2/h2H,5H2/q+1. The van der Waals surface area contributed by atoms with Crippen LogP contribution in [-0.2, 0) is 4.58 Å². The smallest absolute Gasteiger partial charge is 0.400 e. The molecule has 0 heterocycles. The molecule has 0 spiro atoms. The highest BCUT2D eigenvalue weighted by molar-refractivity contribution is 6.16. The molecule has 0 amide bonds. The van der Waals surface area contributed by atoms with Crippen molar-refractivity contribution < 1.29 is 9.37 Å². The summed E-state index contributed by atoms with van der Waals surface area (Å²) in [6.07, 6.45) is 0. The van der Waals surface area contributed by atoms with Gasteiger partial charge in [0, 0.05) is 0 Å². The van der Waals surface area contributed by atoms with E-state index in [1.165, 1.54) is 0 Å². The summed E-state index contributed by atoms with van der Waals surface area (Å²) in [6, 6.07) is 0. The van der Waals surface area contributed by atoms with Crippen LogP contribution in [0.1, 0.15) is 0 Å². The van der Waals surface area contributed by atoms with Crippen LogP contribution in [0.25, 0.3) is 0 Å². The van der Waals surface area contributed by atoms with E-state index in [0.29, 0.717) is 0 Å². The van der Waals surface area contributed by atoms with Gasteiger partial charge < -0.3 is 4.80 Å². The van der Waals surface area contributed by atoms with Gasteiger partial charge in [-0.2, -0.15) is 0 Å². The van der Waals surface area contributed by atoms with Gasteiger partial charge in [0.15, 0.2) is 0 Å². The summed E-state index contributed by atoms with van der Waals surface area (Å²) in [5.41, 5.74) is 0. The molecule has 0 aromatic heterocycles. The van der Waals surface area contributed by atoms with Gasteiger partial charge in [-0.25, -0.2) is 0 Å². The van der Waals surface area contributed by atoms with E-state index < -0.39 is 10.0 Å². The average molecular weight is 95.1 g/mol. The molecule has 0 fully saturated rings. The largest absolute Gasteiger partial charge is 0.505 e. The quantitative estimate of drug-likeness (QED) is 0.197. The Labute approximate surface area is 30.3 Å². The highest BCUT2D eigenvalue weighted by atomic mass is 28.2. The third-order valence-electron chi connectivity index (χ3n) is 0.101. The van der Waals surface area contributed by atoms with Crippen LogP contribution in [0.4, 0.5) is 0 Å². The zero-order chi connectivity index (χ0) is 4.12. The number of rotatable bonds is 2. The van der Waals surface area contributed by atoms with Crippen LogP contribution in [0.5, 0.6) is 0 Å². The second-order valence-corrected chi connectivity index (χ2v) is 0.809. The maximum Gasteiger partial charge on any atom is 0.505 e. The third kappa shape index (κ3) is 3.58. The molecule has 0 aliphatic heterocycles. The monoisotopic (exact) mass is 95.0 g/mol. The molecule has 0 saturated carbocycles. The van der Waals surface area contributed by atoms with Crippen molar-refractivity contribution in [3.05, 3.63) is 9.71 Å². The summed E-state index contributed by atoms with van der Waals surface area (Å²) >= 11 is 0. The van der Waals surface area contributed by atoms with Gasteiger partial charge in [0.1, 0.15) is 0 Å². The first-order chi connectivity index (χ1) is 2.41. The second-order valence-electron chi connectivity index (χ2n) is 0.315. The van der Waals surface area contributed by atoms with Crippen molar-refractivity contribution in [3.8, 4) is 0 Å². The number of hydrogen-bond donors (Lipinski definition) is 1. The van der Waals surface area contributed by atoms with E-state index in [-0.39, 0.29) is 0 Å². The van der Waals surface area contributed by atoms with E-state index >= 15 is 0 Å². The molecule has 0 aliphatic rings.